The third-order valence-corrected chi connectivity index (χ3v) is 6.55. The summed E-state index contributed by atoms with van der Waals surface area (Å²) in [6.07, 6.45) is 3.43. The number of nitrogens with one attached hydrogen (secondary N) is 2. The number of anilines is 2. The minimum absolute atomic E-state index is 0.0679. The van der Waals surface area contributed by atoms with Crippen molar-refractivity contribution < 1.29 is 17.9 Å². The lowest BCUT2D eigenvalue weighted by atomic mass is 10.1. The molecule has 1 aliphatic heterocycles. The highest BCUT2D eigenvalue weighted by Crippen LogP contribution is 2.27. The van der Waals surface area contributed by atoms with Gasteiger partial charge in [0.2, 0.25) is 5.95 Å². The Morgan fingerprint density at radius 1 is 1.05 bits per heavy atom. The Morgan fingerprint density at radius 2 is 1.89 bits per heavy atom. The van der Waals surface area contributed by atoms with Crippen molar-refractivity contribution in [1.82, 2.24) is 29.5 Å². The Labute approximate surface area is 209 Å². The Hall–Kier alpha value is -4.19. The van der Waals surface area contributed by atoms with Crippen LogP contribution < -0.4 is 10.2 Å². The van der Waals surface area contributed by atoms with Gasteiger partial charge in [0.15, 0.2) is 28.6 Å². The number of piperidine rings is 1. The van der Waals surface area contributed by atoms with E-state index in [1.807, 2.05) is 0 Å². The van der Waals surface area contributed by atoms with Crippen LogP contribution in [0.2, 0.25) is 0 Å². The van der Waals surface area contributed by atoms with E-state index in [-0.39, 0.29) is 24.0 Å². The second-order valence-corrected chi connectivity index (χ2v) is 8.86. The zero-order valence-electron chi connectivity index (χ0n) is 19.9. The van der Waals surface area contributed by atoms with Crippen LogP contribution >= 0.6 is 0 Å². The quantitative estimate of drug-likeness (QED) is 0.352. The largest absolute Gasteiger partial charge is 0.381 e. The van der Waals surface area contributed by atoms with Crippen molar-refractivity contribution in [2.75, 3.05) is 30.4 Å². The van der Waals surface area contributed by atoms with Gasteiger partial charge in [0.1, 0.15) is 23.5 Å². The number of rotatable bonds is 6. The van der Waals surface area contributed by atoms with Gasteiger partial charge in [-0.25, -0.2) is 23.1 Å². The van der Waals surface area contributed by atoms with E-state index in [2.05, 4.69) is 25.2 Å². The molecule has 2 aromatic carbocycles. The van der Waals surface area contributed by atoms with Crippen LogP contribution in [0, 0.1) is 17.5 Å². The predicted octanol–water partition coefficient (Wildman–Crippen LogP) is 4.34. The minimum atomic E-state index is -1.000. The van der Waals surface area contributed by atoms with Gasteiger partial charge in [-0.05, 0) is 43.2 Å². The van der Waals surface area contributed by atoms with Crippen molar-refractivity contribution in [2.24, 2.45) is 0 Å². The number of imidazole rings is 2. The van der Waals surface area contributed by atoms with E-state index in [0.29, 0.717) is 53.0 Å². The Bertz CT molecular complexity index is 1590. The summed E-state index contributed by atoms with van der Waals surface area (Å²) < 4.78 is 48.9. The molecule has 0 unspecified atom stereocenters. The number of nitrogens with zero attached hydrogens (tertiary/aromatic N) is 6. The van der Waals surface area contributed by atoms with Crippen LogP contribution in [0.25, 0.3) is 27.9 Å². The van der Waals surface area contributed by atoms with E-state index < -0.39 is 11.6 Å². The average Bonchev–Trinajstić information content (AvgIpc) is 3.54. The Kier molecular flexibility index (Phi) is 5.87. The molecule has 0 radical (unpaired) electrons. The highest BCUT2D eigenvalue weighted by atomic mass is 19.2. The SMILES string of the molecule is COC1CCN(c2nc(NCc3nc4c(F)c(F)ccc4[nH]3)c3ncn(-c4cccc(F)c4)c3n2)CC1. The van der Waals surface area contributed by atoms with Gasteiger partial charge < -0.3 is 19.9 Å². The number of hydrogen-bond donors (Lipinski definition) is 2. The van der Waals surface area contributed by atoms with Crippen molar-refractivity contribution in [3.63, 3.8) is 0 Å². The van der Waals surface area contributed by atoms with Gasteiger partial charge in [-0.2, -0.15) is 9.97 Å². The van der Waals surface area contributed by atoms with Gasteiger partial charge in [-0.1, -0.05) is 6.07 Å². The van der Waals surface area contributed by atoms with Crippen LogP contribution in [0.5, 0.6) is 0 Å². The molecule has 6 rings (SSSR count). The molecule has 0 bridgehead atoms. The number of H-pyrrole nitrogens is 1. The van der Waals surface area contributed by atoms with E-state index in [1.165, 1.54) is 18.2 Å². The van der Waals surface area contributed by atoms with Gasteiger partial charge in [0.25, 0.3) is 0 Å². The first-order valence-corrected chi connectivity index (χ1v) is 11.9. The Morgan fingerprint density at radius 3 is 2.68 bits per heavy atom. The molecular formula is C25H23F3N8O. The molecule has 0 spiro atoms. The van der Waals surface area contributed by atoms with Crippen LogP contribution in [0.4, 0.5) is 24.9 Å². The summed E-state index contributed by atoms with van der Waals surface area (Å²) in [4.78, 5) is 23.3. The number of ether oxygens (including phenoxy) is 1. The highest BCUT2D eigenvalue weighted by Gasteiger charge is 2.23. The molecule has 0 aliphatic carbocycles. The van der Waals surface area contributed by atoms with E-state index in [1.54, 1.807) is 30.1 Å². The third kappa shape index (κ3) is 4.33. The lowest BCUT2D eigenvalue weighted by molar-refractivity contribution is 0.0817. The van der Waals surface area contributed by atoms with Crippen LogP contribution in [0.3, 0.4) is 0 Å². The molecule has 9 nitrogen and oxygen atoms in total. The van der Waals surface area contributed by atoms with Crippen LogP contribution in [-0.4, -0.2) is 55.8 Å². The molecule has 0 amide bonds. The fourth-order valence-electron chi connectivity index (χ4n) is 4.58. The van der Waals surface area contributed by atoms with Gasteiger partial charge >= 0.3 is 0 Å². The van der Waals surface area contributed by atoms with Crippen molar-refractivity contribution >= 4 is 34.0 Å². The number of aromatic nitrogens is 6. The summed E-state index contributed by atoms with van der Waals surface area (Å²) in [5.41, 5.74) is 1.88. The molecule has 0 atom stereocenters. The molecule has 37 heavy (non-hydrogen) atoms. The van der Waals surface area contributed by atoms with Gasteiger partial charge in [0, 0.05) is 20.2 Å². The summed E-state index contributed by atoms with van der Waals surface area (Å²) in [7, 11) is 1.71. The monoisotopic (exact) mass is 508 g/mol. The summed E-state index contributed by atoms with van der Waals surface area (Å²) in [5, 5.41) is 3.21. The normalized spacial score (nSPS) is 14.6. The van der Waals surface area contributed by atoms with Crippen LogP contribution in [0.1, 0.15) is 18.7 Å². The number of hydrogen-bond acceptors (Lipinski definition) is 7. The number of fused-ring (bicyclic) bond motifs is 2. The van der Waals surface area contributed by atoms with Crippen molar-refractivity contribution in [3.05, 3.63) is 66.0 Å². The van der Waals surface area contributed by atoms with E-state index in [9.17, 15) is 13.2 Å². The first kappa shape index (κ1) is 23.2. The third-order valence-electron chi connectivity index (χ3n) is 6.55. The zero-order valence-corrected chi connectivity index (χ0v) is 19.9. The maximum Gasteiger partial charge on any atom is 0.229 e. The maximum atomic E-state index is 14.1. The molecule has 1 aliphatic rings. The van der Waals surface area contributed by atoms with E-state index in [4.69, 9.17) is 14.7 Å². The van der Waals surface area contributed by atoms with Gasteiger partial charge in [-0.3, -0.25) is 4.57 Å². The second kappa shape index (κ2) is 9.36. The van der Waals surface area contributed by atoms with E-state index >= 15 is 0 Å². The zero-order chi connectivity index (χ0) is 25.5. The topological polar surface area (TPSA) is 96.8 Å². The molecule has 0 saturated carbocycles. The van der Waals surface area contributed by atoms with Crippen LogP contribution in [0.15, 0.2) is 42.7 Å². The maximum absolute atomic E-state index is 14.1. The van der Waals surface area contributed by atoms with Crippen LogP contribution in [-0.2, 0) is 11.3 Å². The molecule has 3 aromatic heterocycles. The smallest absolute Gasteiger partial charge is 0.229 e. The lowest BCUT2D eigenvalue weighted by Gasteiger charge is -2.31. The molecule has 5 aromatic rings. The standard InChI is InChI=1S/C25H23F3N8O/c1-37-16-7-9-35(10-8-16)25-33-23(29-12-19-31-18-6-5-17(27)20(28)21(18)32-19)22-24(34-25)36(13-30-22)15-4-2-3-14(26)11-15/h2-6,11,13,16H,7-10,12H2,1H3,(H,31,32)(H,29,33,34). The number of halogens is 3. The molecular weight excluding hydrogens is 485 g/mol. The molecule has 4 heterocycles. The number of benzene rings is 2. The van der Waals surface area contributed by atoms with Crippen molar-refractivity contribution in [3.8, 4) is 5.69 Å². The minimum Gasteiger partial charge on any atom is -0.381 e. The lowest BCUT2D eigenvalue weighted by Crippen LogP contribution is -2.37. The molecule has 1 fully saturated rings. The summed E-state index contributed by atoms with van der Waals surface area (Å²) >= 11 is 0. The van der Waals surface area contributed by atoms with Crippen molar-refractivity contribution in [2.45, 2.75) is 25.5 Å². The predicted molar refractivity (Wildman–Crippen MR) is 132 cm³/mol. The molecule has 12 heteroatoms. The fraction of sp³-hybridized carbons (Fsp3) is 0.280. The van der Waals surface area contributed by atoms with Gasteiger partial charge in [0.05, 0.1) is 23.9 Å². The summed E-state index contributed by atoms with van der Waals surface area (Å²) in [5.74, 6) is -0.988. The van der Waals surface area contributed by atoms with Crippen molar-refractivity contribution in [1.29, 1.82) is 0 Å². The average molecular weight is 509 g/mol. The Balaban J connectivity index is 1.38. The fourth-order valence-corrected chi connectivity index (χ4v) is 4.58. The number of aromatic amines is 1. The highest BCUT2D eigenvalue weighted by molar-refractivity contribution is 5.85. The second-order valence-electron chi connectivity index (χ2n) is 8.86. The van der Waals surface area contributed by atoms with E-state index in [0.717, 1.165) is 18.9 Å². The van der Waals surface area contributed by atoms with Gasteiger partial charge in [-0.15, -0.1) is 0 Å². The number of methoxy groups -OCH3 is 1. The molecule has 2 N–H and O–H groups in total. The summed E-state index contributed by atoms with van der Waals surface area (Å²) in [6, 6.07) is 8.66. The summed E-state index contributed by atoms with van der Waals surface area (Å²) in [6.45, 7) is 1.58. The first-order chi connectivity index (χ1) is 18.0. The first-order valence-electron chi connectivity index (χ1n) is 11.9. The molecule has 1 saturated heterocycles. The molecule has 190 valence electrons.